The fraction of sp³-hybridized carbons (Fsp3) is 0.875. The number of aliphatic imine (C=N–C) groups is 1. The van der Waals surface area contributed by atoms with Crippen LogP contribution in [-0.2, 0) is 4.79 Å². The van der Waals surface area contributed by atoms with Gasteiger partial charge in [0.2, 0.25) is 6.08 Å². The summed E-state index contributed by atoms with van der Waals surface area (Å²) in [6, 6.07) is 0. The van der Waals surface area contributed by atoms with E-state index in [0.29, 0.717) is 6.42 Å². The average molecular weight is 182 g/mol. The highest BCUT2D eigenvalue weighted by Crippen LogP contribution is 2.25. The molecule has 0 heterocycles. The molecular formula is C8H14N4O. The van der Waals surface area contributed by atoms with Crippen molar-refractivity contribution < 1.29 is 4.79 Å². The first-order valence-corrected chi connectivity index (χ1v) is 3.98. The minimum atomic E-state index is -0.529. The van der Waals surface area contributed by atoms with E-state index in [1.54, 1.807) is 27.7 Å². The Bertz CT molecular complexity index is 242. The molecule has 0 spiro atoms. The Morgan fingerprint density at radius 2 is 1.85 bits per heavy atom. The molecule has 0 bridgehead atoms. The zero-order valence-electron chi connectivity index (χ0n) is 8.40. The Labute approximate surface area is 77.5 Å². The van der Waals surface area contributed by atoms with E-state index < -0.39 is 11.1 Å². The maximum atomic E-state index is 10.1. The average Bonchev–Trinajstić information content (AvgIpc) is 1.82. The molecule has 0 aromatic carbocycles. The number of carbonyl (C=O) groups excluding carboxylic acids is 1. The Kier molecular flexibility index (Phi) is 3.67. The van der Waals surface area contributed by atoms with Gasteiger partial charge in [0.15, 0.2) is 0 Å². The molecule has 0 radical (unpaired) electrons. The molecule has 5 nitrogen and oxygen atoms in total. The van der Waals surface area contributed by atoms with E-state index >= 15 is 0 Å². The summed E-state index contributed by atoms with van der Waals surface area (Å²) in [5, 5.41) is 3.61. The van der Waals surface area contributed by atoms with Gasteiger partial charge in [-0.05, 0) is 25.8 Å². The Morgan fingerprint density at radius 1 is 1.31 bits per heavy atom. The first-order chi connectivity index (χ1) is 5.83. The van der Waals surface area contributed by atoms with Crippen molar-refractivity contribution in [2.24, 2.45) is 10.1 Å². The summed E-state index contributed by atoms with van der Waals surface area (Å²) in [5.41, 5.74) is 7.22. The van der Waals surface area contributed by atoms with Crippen molar-refractivity contribution in [2.45, 2.75) is 45.2 Å². The van der Waals surface area contributed by atoms with E-state index in [-0.39, 0.29) is 0 Å². The van der Waals surface area contributed by atoms with Crippen LogP contribution in [-0.4, -0.2) is 17.2 Å². The molecule has 0 aromatic heterocycles. The molecule has 5 heteroatoms. The number of hydrogen-bond donors (Lipinski definition) is 0. The first kappa shape index (κ1) is 11.7. The number of isocyanates is 1. The van der Waals surface area contributed by atoms with Crippen LogP contribution in [0.3, 0.4) is 0 Å². The fourth-order valence-electron chi connectivity index (χ4n) is 1.38. The Balaban J connectivity index is 4.59. The van der Waals surface area contributed by atoms with Crippen LogP contribution < -0.4 is 0 Å². The summed E-state index contributed by atoms with van der Waals surface area (Å²) < 4.78 is 0. The zero-order valence-corrected chi connectivity index (χ0v) is 8.40. The fourth-order valence-corrected chi connectivity index (χ4v) is 1.38. The summed E-state index contributed by atoms with van der Waals surface area (Å²) in [5.74, 6) is 0. The monoisotopic (exact) mass is 182 g/mol. The highest BCUT2D eigenvalue weighted by molar-refractivity contribution is 5.34. The normalized spacial score (nSPS) is 11.4. The van der Waals surface area contributed by atoms with Crippen molar-refractivity contribution >= 4 is 6.08 Å². The molecule has 0 aliphatic carbocycles. The summed E-state index contributed by atoms with van der Waals surface area (Å²) in [6.45, 7) is 7.20. The van der Waals surface area contributed by atoms with Crippen molar-refractivity contribution in [2.75, 3.05) is 0 Å². The van der Waals surface area contributed by atoms with Crippen molar-refractivity contribution in [3.05, 3.63) is 10.4 Å². The van der Waals surface area contributed by atoms with Crippen LogP contribution in [0.4, 0.5) is 0 Å². The minimum absolute atomic E-state index is 0.513. The van der Waals surface area contributed by atoms with Gasteiger partial charge in [0.25, 0.3) is 0 Å². The molecule has 13 heavy (non-hydrogen) atoms. The molecule has 0 aliphatic heterocycles. The largest absolute Gasteiger partial charge is 0.235 e. The summed E-state index contributed by atoms with van der Waals surface area (Å²) in [4.78, 5) is 16.4. The zero-order chi connectivity index (χ0) is 10.5. The molecule has 0 rings (SSSR count). The van der Waals surface area contributed by atoms with E-state index in [1.807, 2.05) is 0 Å². The lowest BCUT2D eigenvalue weighted by molar-refractivity contribution is 0.352. The van der Waals surface area contributed by atoms with Gasteiger partial charge in [-0.15, -0.1) is 0 Å². The summed E-state index contributed by atoms with van der Waals surface area (Å²) in [6.07, 6.45) is 2.03. The Morgan fingerprint density at radius 3 is 2.23 bits per heavy atom. The molecule has 72 valence electrons. The lowest BCUT2D eigenvalue weighted by atomic mass is 9.88. The van der Waals surface area contributed by atoms with Gasteiger partial charge in [-0.1, -0.05) is 19.0 Å². The predicted octanol–water partition coefficient (Wildman–Crippen LogP) is 2.58. The predicted molar refractivity (Wildman–Crippen MR) is 50.0 cm³/mol. The van der Waals surface area contributed by atoms with Crippen LogP contribution in [0, 0.1) is 0 Å². The lowest BCUT2D eigenvalue weighted by Crippen LogP contribution is -2.29. The summed E-state index contributed by atoms with van der Waals surface area (Å²) in [7, 11) is 0. The second kappa shape index (κ2) is 4.08. The smallest absolute Gasteiger partial charge is 0.211 e. The van der Waals surface area contributed by atoms with Gasteiger partial charge in [-0.2, -0.15) is 4.99 Å². The van der Waals surface area contributed by atoms with Crippen molar-refractivity contribution in [1.29, 1.82) is 0 Å². The molecular weight excluding hydrogens is 168 g/mol. The highest BCUT2D eigenvalue weighted by atomic mass is 16.1. The maximum absolute atomic E-state index is 10.1. The van der Waals surface area contributed by atoms with Gasteiger partial charge in [-0.25, -0.2) is 4.79 Å². The van der Waals surface area contributed by atoms with E-state index in [0.717, 1.165) is 0 Å². The van der Waals surface area contributed by atoms with Crippen LogP contribution in [0.2, 0.25) is 0 Å². The first-order valence-electron chi connectivity index (χ1n) is 3.98. The van der Waals surface area contributed by atoms with E-state index in [4.69, 9.17) is 5.53 Å². The van der Waals surface area contributed by atoms with Gasteiger partial charge < -0.3 is 0 Å². The van der Waals surface area contributed by atoms with E-state index in [9.17, 15) is 4.79 Å². The van der Waals surface area contributed by atoms with Crippen LogP contribution in [0.1, 0.15) is 34.1 Å². The van der Waals surface area contributed by atoms with Crippen molar-refractivity contribution in [3.63, 3.8) is 0 Å². The van der Waals surface area contributed by atoms with Crippen molar-refractivity contribution in [3.8, 4) is 0 Å². The second-order valence-electron chi connectivity index (χ2n) is 4.19. The van der Waals surface area contributed by atoms with Gasteiger partial charge in [0, 0.05) is 10.5 Å². The summed E-state index contributed by atoms with van der Waals surface area (Å²) >= 11 is 0. The molecule has 0 unspecified atom stereocenters. The topological polar surface area (TPSA) is 78.2 Å². The molecule has 0 aliphatic rings. The number of rotatable bonds is 4. The van der Waals surface area contributed by atoms with Crippen LogP contribution in [0.5, 0.6) is 0 Å². The third kappa shape index (κ3) is 5.01. The molecule has 0 fully saturated rings. The lowest BCUT2D eigenvalue weighted by Gasteiger charge is -2.26. The third-order valence-corrected chi connectivity index (χ3v) is 1.53. The van der Waals surface area contributed by atoms with Crippen LogP contribution >= 0.6 is 0 Å². The van der Waals surface area contributed by atoms with Crippen LogP contribution in [0.15, 0.2) is 10.1 Å². The molecule has 0 N–H and O–H groups in total. The van der Waals surface area contributed by atoms with Gasteiger partial charge in [0.1, 0.15) is 0 Å². The highest BCUT2D eigenvalue weighted by Gasteiger charge is 2.27. The molecule has 0 atom stereocenters. The minimum Gasteiger partial charge on any atom is -0.211 e. The number of hydrogen-bond acceptors (Lipinski definition) is 3. The van der Waals surface area contributed by atoms with Crippen molar-refractivity contribution in [1.82, 2.24) is 0 Å². The molecule has 0 amide bonds. The number of nitrogens with zero attached hydrogens (tertiary/aromatic N) is 4. The van der Waals surface area contributed by atoms with Gasteiger partial charge in [-0.3, -0.25) is 0 Å². The van der Waals surface area contributed by atoms with Gasteiger partial charge in [0.05, 0.1) is 5.54 Å². The third-order valence-electron chi connectivity index (χ3n) is 1.53. The van der Waals surface area contributed by atoms with Gasteiger partial charge >= 0.3 is 0 Å². The number of azide groups is 1. The van der Waals surface area contributed by atoms with Crippen LogP contribution in [0.25, 0.3) is 10.4 Å². The quantitative estimate of drug-likeness (QED) is 0.216. The molecule has 0 aromatic rings. The maximum Gasteiger partial charge on any atom is 0.235 e. The van der Waals surface area contributed by atoms with E-state index in [2.05, 4.69) is 15.0 Å². The Hall–Kier alpha value is -1.31. The standard InChI is InChI=1S/C8H14N4O/c1-7(2,10-6-13)5-8(3,4)11-12-9/h5H2,1-4H3. The SMILES string of the molecule is CC(C)(CC(C)(C)N=[N+]=[N-])N=C=O. The molecule has 0 saturated heterocycles. The molecule has 0 saturated carbocycles. The van der Waals surface area contributed by atoms with E-state index in [1.165, 1.54) is 6.08 Å². The second-order valence-corrected chi connectivity index (χ2v) is 4.19.